The SMILES string of the molecule is CCCCC(=O)Nc1cncc(-c2cc3c(-c4nc5c(-c6cc(F)cc(OCCN(C)C)c6)nccc5[nH]4)n[nH]c3cn2)c1. The molecule has 12 heteroatoms. The van der Waals surface area contributed by atoms with E-state index in [1.54, 1.807) is 30.9 Å². The highest BCUT2D eigenvalue weighted by atomic mass is 19.1. The average molecular weight is 594 g/mol. The maximum Gasteiger partial charge on any atom is 0.224 e. The van der Waals surface area contributed by atoms with Crippen LogP contribution in [0, 0.1) is 5.82 Å². The first-order chi connectivity index (χ1) is 21.4. The van der Waals surface area contributed by atoms with E-state index in [-0.39, 0.29) is 5.91 Å². The molecule has 0 bridgehead atoms. The van der Waals surface area contributed by atoms with Crippen LogP contribution in [0.1, 0.15) is 26.2 Å². The number of hydrogen-bond acceptors (Lipinski definition) is 8. The van der Waals surface area contributed by atoms with E-state index in [2.05, 4.69) is 35.5 Å². The maximum atomic E-state index is 14.6. The van der Waals surface area contributed by atoms with E-state index >= 15 is 0 Å². The molecule has 0 saturated heterocycles. The van der Waals surface area contributed by atoms with E-state index in [0.29, 0.717) is 65.0 Å². The van der Waals surface area contributed by atoms with E-state index in [1.165, 1.54) is 12.1 Å². The summed E-state index contributed by atoms with van der Waals surface area (Å²) in [6.45, 7) is 3.18. The Morgan fingerprint density at radius 2 is 1.91 bits per heavy atom. The molecule has 0 fully saturated rings. The molecule has 224 valence electrons. The molecule has 11 nitrogen and oxygen atoms in total. The summed E-state index contributed by atoms with van der Waals surface area (Å²) in [6.07, 6.45) is 8.91. The molecule has 0 saturated carbocycles. The van der Waals surface area contributed by atoms with Gasteiger partial charge in [0.15, 0.2) is 5.82 Å². The number of carbonyl (C=O) groups excluding carboxylic acids is 1. The molecule has 0 radical (unpaired) electrons. The number of ether oxygens (including phenoxy) is 1. The average Bonchev–Trinajstić information content (AvgIpc) is 3.63. The predicted molar refractivity (Wildman–Crippen MR) is 168 cm³/mol. The van der Waals surface area contributed by atoms with E-state index in [1.807, 2.05) is 44.1 Å². The Balaban J connectivity index is 1.33. The van der Waals surface area contributed by atoms with Gasteiger partial charge in [-0.3, -0.25) is 24.8 Å². The van der Waals surface area contributed by atoms with E-state index < -0.39 is 5.82 Å². The van der Waals surface area contributed by atoms with Gasteiger partial charge < -0.3 is 19.9 Å². The Morgan fingerprint density at radius 3 is 2.75 bits per heavy atom. The summed E-state index contributed by atoms with van der Waals surface area (Å²) in [5.74, 6) is 0.478. The fourth-order valence-corrected chi connectivity index (χ4v) is 4.85. The van der Waals surface area contributed by atoms with Crippen molar-refractivity contribution in [3.05, 3.63) is 67.0 Å². The number of aromatic amines is 2. The summed E-state index contributed by atoms with van der Waals surface area (Å²) in [6, 6.07) is 10.1. The van der Waals surface area contributed by atoms with Gasteiger partial charge >= 0.3 is 0 Å². The number of H-pyrrole nitrogens is 2. The lowest BCUT2D eigenvalue weighted by molar-refractivity contribution is -0.116. The number of rotatable bonds is 11. The fraction of sp³-hybridized carbons (Fsp3) is 0.250. The minimum absolute atomic E-state index is 0.0450. The van der Waals surface area contributed by atoms with Gasteiger partial charge in [0.05, 0.1) is 40.5 Å². The van der Waals surface area contributed by atoms with Gasteiger partial charge in [-0.25, -0.2) is 9.37 Å². The van der Waals surface area contributed by atoms with Crippen LogP contribution in [0.5, 0.6) is 5.75 Å². The lowest BCUT2D eigenvalue weighted by atomic mass is 10.1. The normalized spacial score (nSPS) is 11.5. The molecule has 3 N–H and O–H groups in total. The largest absolute Gasteiger partial charge is 0.492 e. The van der Waals surface area contributed by atoms with Crippen LogP contribution in [0.2, 0.25) is 0 Å². The van der Waals surface area contributed by atoms with E-state index in [9.17, 15) is 9.18 Å². The van der Waals surface area contributed by atoms with Crippen LogP contribution >= 0.6 is 0 Å². The molecule has 0 aliphatic heterocycles. The molecular weight excluding hydrogens is 561 g/mol. The Bertz CT molecular complexity index is 1950. The zero-order valence-electron chi connectivity index (χ0n) is 24.7. The number of hydrogen-bond donors (Lipinski definition) is 3. The van der Waals surface area contributed by atoms with Crippen LogP contribution in [-0.2, 0) is 4.79 Å². The van der Waals surface area contributed by atoms with Crippen molar-refractivity contribution < 1.29 is 13.9 Å². The molecule has 0 aliphatic carbocycles. The quantitative estimate of drug-likeness (QED) is 0.171. The molecular formula is C32H32FN9O2. The minimum Gasteiger partial charge on any atom is -0.492 e. The lowest BCUT2D eigenvalue weighted by Crippen LogP contribution is -2.19. The first-order valence-corrected chi connectivity index (χ1v) is 14.4. The smallest absolute Gasteiger partial charge is 0.224 e. The molecule has 0 atom stereocenters. The molecule has 5 heterocycles. The second-order valence-electron chi connectivity index (χ2n) is 10.8. The molecule has 44 heavy (non-hydrogen) atoms. The zero-order chi connectivity index (χ0) is 30.6. The number of halogens is 1. The van der Waals surface area contributed by atoms with Crippen LogP contribution in [0.4, 0.5) is 10.1 Å². The van der Waals surface area contributed by atoms with Crippen LogP contribution < -0.4 is 10.1 Å². The Labute approximate surface area is 252 Å². The van der Waals surface area contributed by atoms with Gasteiger partial charge in [0.25, 0.3) is 0 Å². The van der Waals surface area contributed by atoms with Gasteiger partial charge in [-0.1, -0.05) is 13.3 Å². The summed E-state index contributed by atoms with van der Waals surface area (Å²) in [5, 5.41) is 11.3. The molecule has 1 amide bonds. The third-order valence-electron chi connectivity index (χ3n) is 7.10. The fourth-order valence-electron chi connectivity index (χ4n) is 4.85. The molecule has 1 aromatic carbocycles. The van der Waals surface area contributed by atoms with Gasteiger partial charge in [-0.2, -0.15) is 5.10 Å². The van der Waals surface area contributed by atoms with Crippen molar-refractivity contribution in [3.63, 3.8) is 0 Å². The first-order valence-electron chi connectivity index (χ1n) is 14.4. The predicted octanol–water partition coefficient (Wildman–Crippen LogP) is 5.83. The van der Waals surface area contributed by atoms with Gasteiger partial charge in [-0.15, -0.1) is 0 Å². The molecule has 6 aromatic rings. The van der Waals surface area contributed by atoms with Crippen molar-refractivity contribution in [1.82, 2.24) is 40.0 Å². The van der Waals surface area contributed by atoms with Crippen LogP contribution in [-0.4, -0.2) is 73.2 Å². The maximum absolute atomic E-state index is 14.6. The summed E-state index contributed by atoms with van der Waals surface area (Å²) in [4.78, 5) is 35.8. The summed E-state index contributed by atoms with van der Waals surface area (Å²) >= 11 is 0. The second-order valence-corrected chi connectivity index (χ2v) is 10.8. The highest BCUT2D eigenvalue weighted by Crippen LogP contribution is 2.33. The standard InChI is InChI=1S/C32H32FN9O2/c1-4-5-6-28(43)37-22-12-20(16-34-17-22)26-15-24-27(18-36-26)40-41-30(24)32-38-25-7-8-35-29(31(25)39-32)19-11-21(33)14-23(13-19)44-10-9-42(2)3/h7-8,11-18H,4-6,9-10H2,1-3H3,(H,37,43)(H,38,39)(H,40,41). The van der Waals surface area contributed by atoms with Crippen LogP contribution in [0.15, 0.2) is 61.2 Å². The van der Waals surface area contributed by atoms with Crippen molar-refractivity contribution in [1.29, 1.82) is 0 Å². The Kier molecular flexibility index (Phi) is 8.24. The number of benzene rings is 1. The lowest BCUT2D eigenvalue weighted by Gasteiger charge is -2.12. The number of nitrogens with zero attached hydrogens (tertiary/aromatic N) is 6. The number of nitrogens with one attached hydrogen (secondary N) is 3. The van der Waals surface area contributed by atoms with Crippen molar-refractivity contribution in [2.45, 2.75) is 26.2 Å². The van der Waals surface area contributed by atoms with Crippen molar-refractivity contribution in [3.8, 4) is 39.8 Å². The third kappa shape index (κ3) is 6.25. The molecule has 0 unspecified atom stereocenters. The molecule has 6 rings (SSSR count). The highest BCUT2D eigenvalue weighted by Gasteiger charge is 2.18. The number of imidazole rings is 1. The highest BCUT2D eigenvalue weighted by molar-refractivity contribution is 5.97. The van der Waals surface area contributed by atoms with Crippen LogP contribution in [0.3, 0.4) is 0 Å². The monoisotopic (exact) mass is 593 g/mol. The van der Waals surface area contributed by atoms with E-state index in [4.69, 9.17) is 9.72 Å². The Morgan fingerprint density at radius 1 is 1.02 bits per heavy atom. The summed E-state index contributed by atoms with van der Waals surface area (Å²) in [5.41, 5.74) is 5.72. The van der Waals surface area contributed by atoms with Gasteiger partial charge in [-0.05, 0) is 50.8 Å². The van der Waals surface area contributed by atoms with Crippen molar-refractivity contribution >= 4 is 33.5 Å². The van der Waals surface area contributed by atoms with Gasteiger partial charge in [0.1, 0.15) is 29.4 Å². The van der Waals surface area contributed by atoms with Gasteiger partial charge in [0, 0.05) is 47.9 Å². The molecule has 0 aliphatic rings. The third-order valence-corrected chi connectivity index (χ3v) is 7.10. The summed E-state index contributed by atoms with van der Waals surface area (Å²) < 4.78 is 20.4. The van der Waals surface area contributed by atoms with Crippen LogP contribution in [0.25, 0.3) is 56.0 Å². The number of fused-ring (bicyclic) bond motifs is 2. The van der Waals surface area contributed by atoms with Gasteiger partial charge in [0.2, 0.25) is 5.91 Å². The number of aromatic nitrogens is 7. The number of unbranched alkanes of at least 4 members (excludes halogenated alkanes) is 1. The number of anilines is 1. The zero-order valence-corrected chi connectivity index (χ0v) is 24.7. The number of pyridine rings is 3. The number of amides is 1. The summed E-state index contributed by atoms with van der Waals surface area (Å²) in [7, 11) is 3.90. The number of carbonyl (C=O) groups is 1. The minimum atomic E-state index is -0.422. The topological polar surface area (TPSA) is 138 Å². The Hall–Kier alpha value is -5.23. The van der Waals surface area contributed by atoms with Crippen molar-refractivity contribution in [2.75, 3.05) is 32.6 Å². The van der Waals surface area contributed by atoms with Crippen molar-refractivity contribution in [2.24, 2.45) is 0 Å². The first kappa shape index (κ1) is 28.9. The number of likely N-dealkylation sites (N-methyl/N-ethyl adjacent to an activating group) is 1. The molecule has 5 aromatic heterocycles. The molecule has 0 spiro atoms. The second kappa shape index (κ2) is 12.6. The van der Waals surface area contributed by atoms with E-state index in [0.717, 1.165) is 34.8 Å².